The first-order chi connectivity index (χ1) is 9.22. The Morgan fingerprint density at radius 2 is 1.95 bits per heavy atom. The van der Waals surface area contributed by atoms with Gasteiger partial charge in [-0.05, 0) is 50.3 Å². The lowest BCUT2D eigenvalue weighted by atomic mass is 9.98. The Kier molecular flexibility index (Phi) is 3.43. The predicted octanol–water partition coefficient (Wildman–Crippen LogP) is 3.12. The summed E-state index contributed by atoms with van der Waals surface area (Å²) in [6.45, 7) is 2.01. The molecule has 0 aromatic heterocycles. The van der Waals surface area contributed by atoms with Gasteiger partial charge < -0.3 is 0 Å². The van der Waals surface area contributed by atoms with Crippen molar-refractivity contribution < 1.29 is 14.4 Å². The molecule has 0 spiro atoms. The van der Waals surface area contributed by atoms with Crippen molar-refractivity contribution in [1.82, 2.24) is 0 Å². The number of rotatable bonds is 2. The largest absolute Gasteiger partial charge is 0.254 e. The SMILES string of the molecule is Cc1ccc(N2[C@@H](OO)C3=C(CCCC3)S2=O)cc1. The van der Waals surface area contributed by atoms with E-state index in [0.29, 0.717) is 0 Å². The van der Waals surface area contributed by atoms with Gasteiger partial charge in [-0.2, -0.15) is 0 Å². The molecule has 1 aromatic carbocycles. The number of benzene rings is 1. The van der Waals surface area contributed by atoms with Crippen molar-refractivity contribution >= 4 is 16.7 Å². The average molecular weight is 279 g/mol. The van der Waals surface area contributed by atoms with Crippen molar-refractivity contribution in [3.05, 3.63) is 40.3 Å². The molecule has 1 aliphatic heterocycles. The van der Waals surface area contributed by atoms with Crippen molar-refractivity contribution in [3.63, 3.8) is 0 Å². The normalized spacial score (nSPS) is 26.7. The van der Waals surface area contributed by atoms with Gasteiger partial charge in [0.2, 0.25) is 0 Å². The minimum absolute atomic E-state index is 0.598. The molecule has 102 valence electrons. The second-order valence-electron chi connectivity index (χ2n) is 5.02. The highest BCUT2D eigenvalue weighted by Crippen LogP contribution is 2.41. The van der Waals surface area contributed by atoms with Crippen LogP contribution in [0.2, 0.25) is 0 Å². The minimum atomic E-state index is -1.24. The van der Waals surface area contributed by atoms with E-state index in [1.165, 1.54) is 0 Å². The van der Waals surface area contributed by atoms with Crippen LogP contribution >= 0.6 is 0 Å². The zero-order chi connectivity index (χ0) is 13.4. The lowest BCUT2D eigenvalue weighted by molar-refractivity contribution is -0.265. The molecule has 5 heteroatoms. The number of hydrogen-bond donors (Lipinski definition) is 1. The van der Waals surface area contributed by atoms with Gasteiger partial charge in [0.15, 0.2) is 17.2 Å². The summed E-state index contributed by atoms with van der Waals surface area (Å²) in [5, 5.41) is 9.20. The molecule has 1 N–H and O–H groups in total. The van der Waals surface area contributed by atoms with Crippen molar-refractivity contribution in [2.75, 3.05) is 4.31 Å². The van der Waals surface area contributed by atoms with E-state index in [9.17, 15) is 9.47 Å². The van der Waals surface area contributed by atoms with E-state index in [-0.39, 0.29) is 0 Å². The average Bonchev–Trinajstić information content (AvgIpc) is 2.73. The lowest BCUT2D eigenvalue weighted by Gasteiger charge is -2.24. The van der Waals surface area contributed by atoms with E-state index >= 15 is 0 Å². The maximum absolute atomic E-state index is 12.6. The maximum Gasteiger partial charge on any atom is 0.199 e. The third-order valence-corrected chi connectivity index (χ3v) is 5.39. The van der Waals surface area contributed by atoms with Gasteiger partial charge in [0.25, 0.3) is 0 Å². The molecule has 1 heterocycles. The van der Waals surface area contributed by atoms with E-state index in [1.54, 1.807) is 4.31 Å². The molecular formula is C14H17NO3S. The highest BCUT2D eigenvalue weighted by atomic mass is 32.2. The van der Waals surface area contributed by atoms with Gasteiger partial charge in [0, 0.05) is 4.91 Å². The molecule has 0 radical (unpaired) electrons. The fourth-order valence-electron chi connectivity index (χ4n) is 2.74. The summed E-state index contributed by atoms with van der Waals surface area (Å²) < 4.78 is 14.2. The Hall–Kier alpha value is -1.17. The second-order valence-corrected chi connectivity index (χ2v) is 6.41. The fourth-order valence-corrected chi connectivity index (χ4v) is 4.37. The third-order valence-electron chi connectivity index (χ3n) is 3.75. The summed E-state index contributed by atoms with van der Waals surface area (Å²) in [4.78, 5) is 5.56. The summed E-state index contributed by atoms with van der Waals surface area (Å²) >= 11 is 0. The summed E-state index contributed by atoms with van der Waals surface area (Å²) in [6.07, 6.45) is 3.22. The zero-order valence-electron chi connectivity index (χ0n) is 10.8. The fraction of sp³-hybridized carbons (Fsp3) is 0.429. The molecular weight excluding hydrogens is 262 g/mol. The lowest BCUT2D eigenvalue weighted by Crippen LogP contribution is -2.34. The Balaban J connectivity index is 1.99. The number of nitrogens with zero attached hydrogens (tertiary/aromatic N) is 1. The van der Waals surface area contributed by atoms with Crippen LogP contribution in [-0.2, 0) is 15.9 Å². The van der Waals surface area contributed by atoms with Crippen LogP contribution in [0.5, 0.6) is 0 Å². The quantitative estimate of drug-likeness (QED) is 0.668. The van der Waals surface area contributed by atoms with Crippen LogP contribution in [0.4, 0.5) is 5.69 Å². The van der Waals surface area contributed by atoms with Crippen LogP contribution in [0.1, 0.15) is 31.2 Å². The van der Waals surface area contributed by atoms with E-state index in [1.807, 2.05) is 31.2 Å². The second kappa shape index (κ2) is 5.07. The molecule has 0 saturated carbocycles. The van der Waals surface area contributed by atoms with E-state index in [0.717, 1.165) is 47.4 Å². The smallest absolute Gasteiger partial charge is 0.199 e. The molecule has 1 aromatic rings. The first-order valence-electron chi connectivity index (χ1n) is 6.52. The molecule has 2 atom stereocenters. The molecule has 1 aliphatic carbocycles. The first kappa shape index (κ1) is 12.8. The monoisotopic (exact) mass is 279 g/mol. The molecule has 0 fully saturated rings. The third kappa shape index (κ3) is 2.12. The van der Waals surface area contributed by atoms with Gasteiger partial charge in [-0.1, -0.05) is 17.7 Å². The summed E-state index contributed by atoms with van der Waals surface area (Å²) in [7, 11) is -1.24. The number of hydrogen-bond acceptors (Lipinski definition) is 3. The number of anilines is 1. The van der Waals surface area contributed by atoms with Crippen LogP contribution in [0.15, 0.2) is 34.7 Å². The predicted molar refractivity (Wildman–Crippen MR) is 74.8 cm³/mol. The van der Waals surface area contributed by atoms with Gasteiger partial charge in [0.05, 0.1) is 5.69 Å². The molecule has 0 bridgehead atoms. The summed E-state index contributed by atoms with van der Waals surface area (Å²) in [5.41, 5.74) is 2.96. The number of allylic oxidation sites excluding steroid dienone is 1. The van der Waals surface area contributed by atoms with Gasteiger partial charge in [-0.25, -0.2) is 14.4 Å². The molecule has 3 rings (SSSR count). The van der Waals surface area contributed by atoms with Gasteiger partial charge in [-0.15, -0.1) is 0 Å². The first-order valence-corrected chi connectivity index (χ1v) is 7.63. The Morgan fingerprint density at radius 3 is 2.63 bits per heavy atom. The van der Waals surface area contributed by atoms with Crippen molar-refractivity contribution in [1.29, 1.82) is 0 Å². The van der Waals surface area contributed by atoms with E-state index < -0.39 is 17.2 Å². The Bertz CT molecular complexity index is 538. The van der Waals surface area contributed by atoms with Gasteiger partial charge in [-0.3, -0.25) is 4.31 Å². The van der Waals surface area contributed by atoms with Crippen molar-refractivity contribution in [3.8, 4) is 0 Å². The van der Waals surface area contributed by atoms with Crippen LogP contribution in [0, 0.1) is 6.92 Å². The topological polar surface area (TPSA) is 49.8 Å². The molecule has 0 saturated heterocycles. The molecule has 2 aliphatic rings. The standard InChI is InChI=1S/C14H17NO3S/c1-10-6-8-11(9-7-10)15-14(18-16)12-4-2-3-5-13(12)19(15)17/h6-9,14,16H,2-5H2,1H3/t14-,19?/m0/s1. The van der Waals surface area contributed by atoms with Gasteiger partial charge >= 0.3 is 0 Å². The van der Waals surface area contributed by atoms with Crippen LogP contribution in [0.3, 0.4) is 0 Å². The highest BCUT2D eigenvalue weighted by Gasteiger charge is 2.41. The van der Waals surface area contributed by atoms with Crippen LogP contribution < -0.4 is 4.31 Å². The van der Waals surface area contributed by atoms with Crippen molar-refractivity contribution in [2.45, 2.75) is 38.8 Å². The molecule has 19 heavy (non-hydrogen) atoms. The van der Waals surface area contributed by atoms with Crippen LogP contribution in [0.25, 0.3) is 0 Å². The molecule has 4 nitrogen and oxygen atoms in total. The maximum atomic E-state index is 12.6. The molecule has 1 unspecified atom stereocenters. The van der Waals surface area contributed by atoms with Crippen LogP contribution in [-0.4, -0.2) is 15.7 Å². The zero-order valence-corrected chi connectivity index (χ0v) is 11.7. The van der Waals surface area contributed by atoms with E-state index in [4.69, 9.17) is 0 Å². The van der Waals surface area contributed by atoms with Gasteiger partial charge in [0.1, 0.15) is 0 Å². The summed E-state index contributed by atoms with van der Waals surface area (Å²) in [6, 6.07) is 7.77. The minimum Gasteiger partial charge on any atom is -0.254 e. The molecule has 0 amide bonds. The Morgan fingerprint density at radius 1 is 1.26 bits per heavy atom. The highest BCUT2D eigenvalue weighted by molar-refractivity contribution is 7.90. The Labute approximate surface area is 115 Å². The summed E-state index contributed by atoms with van der Waals surface area (Å²) in [5.74, 6) is 0. The van der Waals surface area contributed by atoms with E-state index in [2.05, 4.69) is 4.89 Å². The number of aryl methyl sites for hydroxylation is 1. The van der Waals surface area contributed by atoms with Crippen molar-refractivity contribution in [2.24, 2.45) is 0 Å².